The van der Waals surface area contributed by atoms with Crippen LogP contribution in [-0.2, 0) is 27.1 Å². The fourth-order valence-corrected chi connectivity index (χ4v) is 3.85. The van der Waals surface area contributed by atoms with Gasteiger partial charge in [0.2, 0.25) is 0 Å². The summed E-state index contributed by atoms with van der Waals surface area (Å²) in [6, 6.07) is 17.4. The Bertz CT molecular complexity index is 861. The van der Waals surface area contributed by atoms with Gasteiger partial charge in [0.1, 0.15) is 11.7 Å². The molecule has 3 rings (SSSR count). The number of hydrogen-bond acceptors (Lipinski definition) is 4. The molecular weight excluding hydrogens is 446 g/mol. The highest BCUT2D eigenvalue weighted by atomic mass is 79.9. The normalized spacial score (nSPS) is 19.8. The van der Waals surface area contributed by atoms with Gasteiger partial charge in [-0.05, 0) is 56.9 Å². The summed E-state index contributed by atoms with van der Waals surface area (Å²) in [7, 11) is 0. The first-order valence-corrected chi connectivity index (χ1v) is 11.0. The maximum Gasteiger partial charge on any atom is 0.408 e. The summed E-state index contributed by atoms with van der Waals surface area (Å²) in [4.78, 5) is 25.0. The molecule has 1 aliphatic heterocycles. The van der Waals surface area contributed by atoms with E-state index >= 15 is 0 Å². The standard InChI is InChI=1S/C24H28BrNO4/c1-24(2,3)30-23(28)26-20(14-16-7-5-4-6-8-16)21-15-18(22(27)29-21)13-17-9-11-19(25)12-10-17/h4-12,18,20-21H,13-15H2,1-3H3,(H,26,28)/t18?,20-,21?/m0/s1. The number of rotatable bonds is 6. The largest absolute Gasteiger partial charge is 0.460 e. The molecule has 0 radical (unpaired) electrons. The summed E-state index contributed by atoms with van der Waals surface area (Å²) >= 11 is 3.43. The molecule has 160 valence electrons. The highest BCUT2D eigenvalue weighted by Crippen LogP contribution is 2.28. The summed E-state index contributed by atoms with van der Waals surface area (Å²) < 4.78 is 12.2. The van der Waals surface area contributed by atoms with Crippen molar-refractivity contribution in [3.8, 4) is 0 Å². The summed E-state index contributed by atoms with van der Waals surface area (Å²) in [5, 5.41) is 2.93. The third-order valence-electron chi connectivity index (χ3n) is 4.96. The lowest BCUT2D eigenvalue weighted by atomic mass is 9.92. The molecule has 0 aromatic heterocycles. The minimum absolute atomic E-state index is 0.216. The summed E-state index contributed by atoms with van der Waals surface area (Å²) in [6.07, 6.45) is 0.833. The lowest BCUT2D eigenvalue weighted by Crippen LogP contribution is -2.46. The SMILES string of the molecule is CC(C)(C)OC(=O)N[C@@H](Cc1ccccc1)C1CC(Cc2ccc(Br)cc2)C(=O)O1. The molecule has 6 heteroatoms. The number of carbonyl (C=O) groups excluding carboxylic acids is 2. The number of ether oxygens (including phenoxy) is 2. The fraction of sp³-hybridized carbons (Fsp3) is 0.417. The Morgan fingerprint density at radius 2 is 1.80 bits per heavy atom. The highest BCUT2D eigenvalue weighted by molar-refractivity contribution is 9.10. The van der Waals surface area contributed by atoms with Crippen molar-refractivity contribution in [3.05, 3.63) is 70.2 Å². The minimum Gasteiger partial charge on any atom is -0.460 e. The van der Waals surface area contributed by atoms with E-state index in [0.717, 1.165) is 15.6 Å². The smallest absolute Gasteiger partial charge is 0.408 e. The molecule has 1 heterocycles. The monoisotopic (exact) mass is 473 g/mol. The molecule has 1 saturated heterocycles. The number of hydrogen-bond donors (Lipinski definition) is 1. The van der Waals surface area contributed by atoms with Crippen LogP contribution in [0.1, 0.15) is 38.3 Å². The molecular formula is C24H28BrNO4. The van der Waals surface area contributed by atoms with Crippen LogP contribution in [0.2, 0.25) is 0 Å². The number of amides is 1. The Balaban J connectivity index is 1.71. The molecule has 5 nitrogen and oxygen atoms in total. The van der Waals surface area contributed by atoms with Gasteiger partial charge in [-0.3, -0.25) is 4.79 Å². The van der Waals surface area contributed by atoms with Crippen molar-refractivity contribution in [1.82, 2.24) is 5.32 Å². The Morgan fingerprint density at radius 1 is 1.13 bits per heavy atom. The van der Waals surface area contributed by atoms with Gasteiger partial charge in [0, 0.05) is 10.9 Å². The van der Waals surface area contributed by atoms with Crippen LogP contribution < -0.4 is 5.32 Å². The molecule has 30 heavy (non-hydrogen) atoms. The van der Waals surface area contributed by atoms with E-state index < -0.39 is 17.8 Å². The van der Waals surface area contributed by atoms with Crippen molar-refractivity contribution in [2.24, 2.45) is 5.92 Å². The quantitative estimate of drug-likeness (QED) is 0.595. The molecule has 1 N–H and O–H groups in total. The van der Waals surface area contributed by atoms with Crippen LogP contribution in [0.5, 0.6) is 0 Å². The Kier molecular flexibility index (Phi) is 7.19. The van der Waals surface area contributed by atoms with Crippen molar-refractivity contribution in [2.45, 2.75) is 57.8 Å². The second-order valence-corrected chi connectivity index (χ2v) is 9.60. The van der Waals surface area contributed by atoms with Crippen LogP contribution in [0.15, 0.2) is 59.1 Å². The molecule has 0 spiro atoms. The number of benzene rings is 2. The third-order valence-corrected chi connectivity index (χ3v) is 5.49. The maximum atomic E-state index is 12.6. The second kappa shape index (κ2) is 9.65. The maximum absolute atomic E-state index is 12.6. The molecule has 1 amide bonds. The molecule has 2 aromatic carbocycles. The van der Waals surface area contributed by atoms with E-state index in [2.05, 4.69) is 21.2 Å². The van der Waals surface area contributed by atoms with E-state index in [-0.39, 0.29) is 17.9 Å². The van der Waals surface area contributed by atoms with Crippen LogP contribution in [0.4, 0.5) is 4.79 Å². The van der Waals surface area contributed by atoms with Gasteiger partial charge in [-0.25, -0.2) is 4.79 Å². The first-order valence-electron chi connectivity index (χ1n) is 10.2. The van der Waals surface area contributed by atoms with Crippen molar-refractivity contribution >= 4 is 28.0 Å². The van der Waals surface area contributed by atoms with E-state index in [4.69, 9.17) is 9.47 Å². The molecule has 3 atom stereocenters. The molecule has 2 aromatic rings. The number of halogens is 1. The molecule has 0 saturated carbocycles. The number of esters is 1. The Labute approximate surface area is 186 Å². The second-order valence-electron chi connectivity index (χ2n) is 8.68. The third kappa shape index (κ3) is 6.59. The molecule has 2 unspecified atom stereocenters. The van der Waals surface area contributed by atoms with Crippen molar-refractivity contribution in [3.63, 3.8) is 0 Å². The lowest BCUT2D eigenvalue weighted by Gasteiger charge is -2.26. The number of alkyl carbamates (subject to hydrolysis) is 1. The van der Waals surface area contributed by atoms with Crippen LogP contribution in [-0.4, -0.2) is 29.8 Å². The summed E-state index contributed by atoms with van der Waals surface area (Å²) in [5.74, 6) is -0.443. The molecule has 1 aliphatic rings. The molecule has 1 fully saturated rings. The van der Waals surface area contributed by atoms with Gasteiger partial charge < -0.3 is 14.8 Å². The number of nitrogens with one attached hydrogen (secondary N) is 1. The molecule has 0 aliphatic carbocycles. The van der Waals surface area contributed by atoms with E-state index in [1.807, 2.05) is 75.4 Å². The van der Waals surface area contributed by atoms with Crippen molar-refractivity contribution in [1.29, 1.82) is 0 Å². The first kappa shape index (κ1) is 22.3. The van der Waals surface area contributed by atoms with Gasteiger partial charge in [-0.1, -0.05) is 58.4 Å². The van der Waals surface area contributed by atoms with Gasteiger partial charge in [-0.15, -0.1) is 0 Å². The highest BCUT2D eigenvalue weighted by Gasteiger charge is 2.40. The predicted octanol–water partition coefficient (Wildman–Crippen LogP) is 5.06. The van der Waals surface area contributed by atoms with Crippen LogP contribution in [0.3, 0.4) is 0 Å². The van der Waals surface area contributed by atoms with Gasteiger partial charge in [-0.2, -0.15) is 0 Å². The summed E-state index contributed by atoms with van der Waals surface area (Å²) in [5.41, 5.74) is 1.55. The van der Waals surface area contributed by atoms with Crippen LogP contribution in [0.25, 0.3) is 0 Å². The van der Waals surface area contributed by atoms with Crippen LogP contribution in [0, 0.1) is 5.92 Å². The number of cyclic esters (lactones) is 1. The van der Waals surface area contributed by atoms with Gasteiger partial charge in [0.15, 0.2) is 0 Å². The Morgan fingerprint density at radius 3 is 2.43 bits per heavy atom. The minimum atomic E-state index is -0.599. The van der Waals surface area contributed by atoms with E-state index in [1.54, 1.807) is 0 Å². The van der Waals surface area contributed by atoms with E-state index in [0.29, 0.717) is 19.3 Å². The first-order chi connectivity index (χ1) is 14.2. The molecule has 0 bridgehead atoms. The topological polar surface area (TPSA) is 64.6 Å². The fourth-order valence-electron chi connectivity index (χ4n) is 3.59. The summed E-state index contributed by atoms with van der Waals surface area (Å²) in [6.45, 7) is 5.47. The van der Waals surface area contributed by atoms with E-state index in [1.165, 1.54) is 0 Å². The van der Waals surface area contributed by atoms with Crippen LogP contribution >= 0.6 is 15.9 Å². The van der Waals surface area contributed by atoms with Crippen molar-refractivity contribution < 1.29 is 19.1 Å². The zero-order valence-corrected chi connectivity index (χ0v) is 19.1. The number of carbonyl (C=O) groups is 2. The van der Waals surface area contributed by atoms with Gasteiger partial charge >= 0.3 is 12.1 Å². The zero-order valence-electron chi connectivity index (χ0n) is 17.6. The Hall–Kier alpha value is -2.34. The average molecular weight is 474 g/mol. The van der Waals surface area contributed by atoms with Gasteiger partial charge in [0.05, 0.1) is 12.0 Å². The van der Waals surface area contributed by atoms with Crippen molar-refractivity contribution in [2.75, 3.05) is 0 Å². The predicted molar refractivity (Wildman–Crippen MR) is 119 cm³/mol. The van der Waals surface area contributed by atoms with E-state index in [9.17, 15) is 9.59 Å². The van der Waals surface area contributed by atoms with Gasteiger partial charge in [0.25, 0.3) is 0 Å². The average Bonchev–Trinajstić information content (AvgIpc) is 3.03. The zero-order chi connectivity index (χ0) is 21.7. The lowest BCUT2D eigenvalue weighted by molar-refractivity contribution is -0.145.